The largest absolute Gasteiger partial charge is 0.461 e. The molecule has 1 rings (SSSR count). The molecule has 0 N–H and O–H groups in total. The number of esters is 1. The van der Waals surface area contributed by atoms with E-state index in [-0.39, 0.29) is 12.4 Å². The molecule has 0 aliphatic rings. The average molecular weight is 205 g/mol. The maximum absolute atomic E-state index is 11.3. The normalized spacial score (nSPS) is 11.2. The van der Waals surface area contributed by atoms with Crippen LogP contribution in [-0.2, 0) is 16.1 Å². The van der Waals surface area contributed by atoms with E-state index in [4.69, 9.17) is 4.74 Å². The molecule has 0 atom stereocenters. The summed E-state index contributed by atoms with van der Waals surface area (Å²) in [6, 6.07) is 9.62. The second-order valence-electron chi connectivity index (χ2n) is 3.28. The molecule has 0 saturated carbocycles. The number of hydrogen-bond acceptors (Lipinski definition) is 3. The lowest BCUT2D eigenvalue weighted by atomic mass is 10.2. The van der Waals surface area contributed by atoms with Gasteiger partial charge >= 0.3 is 5.97 Å². The van der Waals surface area contributed by atoms with E-state index >= 15 is 0 Å². The van der Waals surface area contributed by atoms with Crippen LogP contribution in [-0.4, -0.2) is 18.7 Å². The highest BCUT2D eigenvalue weighted by molar-refractivity contribution is 5.97. The molecule has 3 nitrogen and oxygen atoms in total. The number of ether oxygens (including phenoxy) is 1. The van der Waals surface area contributed by atoms with Crippen molar-refractivity contribution in [3.8, 4) is 0 Å². The van der Waals surface area contributed by atoms with Crippen molar-refractivity contribution < 1.29 is 9.53 Å². The second-order valence-corrected chi connectivity index (χ2v) is 3.28. The van der Waals surface area contributed by atoms with Gasteiger partial charge in [-0.2, -0.15) is 0 Å². The molecular formula is C12H15NO2. The zero-order chi connectivity index (χ0) is 11.1. The highest BCUT2D eigenvalue weighted by Crippen LogP contribution is 2.01. The van der Waals surface area contributed by atoms with Gasteiger partial charge in [-0.15, -0.1) is 0 Å². The van der Waals surface area contributed by atoms with Crippen LogP contribution in [0.3, 0.4) is 0 Å². The molecule has 0 aromatic heterocycles. The first-order valence-corrected chi connectivity index (χ1v) is 4.84. The third-order valence-electron chi connectivity index (χ3n) is 2.02. The molecule has 0 heterocycles. The van der Waals surface area contributed by atoms with Crippen LogP contribution < -0.4 is 0 Å². The number of hydrogen-bond donors (Lipinski definition) is 0. The average Bonchev–Trinajstić information content (AvgIpc) is 2.27. The predicted molar refractivity (Wildman–Crippen MR) is 59.9 cm³/mol. The third kappa shape index (κ3) is 4.40. The Morgan fingerprint density at radius 3 is 2.60 bits per heavy atom. The maximum Gasteiger partial charge on any atom is 0.311 e. The van der Waals surface area contributed by atoms with Crippen LogP contribution in [0.2, 0.25) is 0 Å². The summed E-state index contributed by atoms with van der Waals surface area (Å²) in [6.45, 7) is 2.14. The molecule has 0 radical (unpaired) electrons. The topological polar surface area (TPSA) is 38.7 Å². The number of carbonyl (C=O) groups is 1. The van der Waals surface area contributed by atoms with Crippen LogP contribution in [0, 0.1) is 0 Å². The van der Waals surface area contributed by atoms with Crippen molar-refractivity contribution in [2.45, 2.75) is 20.0 Å². The summed E-state index contributed by atoms with van der Waals surface area (Å²) in [6.07, 6.45) is 0.267. The summed E-state index contributed by atoms with van der Waals surface area (Å²) >= 11 is 0. The lowest BCUT2D eigenvalue weighted by molar-refractivity contribution is -0.143. The van der Waals surface area contributed by atoms with E-state index in [1.54, 1.807) is 7.05 Å². The first-order valence-electron chi connectivity index (χ1n) is 4.84. The minimum atomic E-state index is -0.234. The van der Waals surface area contributed by atoms with Gasteiger partial charge in [-0.1, -0.05) is 30.3 Å². The Balaban J connectivity index is 2.35. The molecule has 0 unspecified atom stereocenters. The molecule has 0 spiro atoms. The summed E-state index contributed by atoms with van der Waals surface area (Å²) in [5.74, 6) is -0.234. The van der Waals surface area contributed by atoms with Gasteiger partial charge in [0, 0.05) is 12.8 Å². The number of benzene rings is 1. The lowest BCUT2D eigenvalue weighted by Gasteiger charge is -2.04. The van der Waals surface area contributed by atoms with Crippen LogP contribution >= 0.6 is 0 Å². The van der Waals surface area contributed by atoms with E-state index in [0.29, 0.717) is 6.61 Å². The van der Waals surface area contributed by atoms with Crippen LogP contribution in [0.15, 0.2) is 35.3 Å². The summed E-state index contributed by atoms with van der Waals surface area (Å²) in [4.78, 5) is 15.2. The molecule has 3 heteroatoms. The van der Waals surface area contributed by atoms with Gasteiger partial charge in [0.1, 0.15) is 6.61 Å². The highest BCUT2D eigenvalue weighted by atomic mass is 16.5. The van der Waals surface area contributed by atoms with E-state index in [1.165, 1.54) is 0 Å². The monoisotopic (exact) mass is 205 g/mol. The minimum absolute atomic E-state index is 0.234. The summed E-state index contributed by atoms with van der Waals surface area (Å²) in [5.41, 5.74) is 1.78. The molecule has 80 valence electrons. The first kappa shape index (κ1) is 11.4. The smallest absolute Gasteiger partial charge is 0.311 e. The van der Waals surface area contributed by atoms with E-state index in [1.807, 2.05) is 37.3 Å². The van der Waals surface area contributed by atoms with Gasteiger partial charge in [0.15, 0.2) is 0 Å². The molecule has 0 saturated heterocycles. The summed E-state index contributed by atoms with van der Waals surface area (Å²) < 4.78 is 5.08. The van der Waals surface area contributed by atoms with Crippen LogP contribution in [0.25, 0.3) is 0 Å². The van der Waals surface area contributed by atoms with Gasteiger partial charge in [0.2, 0.25) is 0 Å². The fourth-order valence-electron chi connectivity index (χ4n) is 1.08. The molecule has 1 aromatic carbocycles. The van der Waals surface area contributed by atoms with Gasteiger partial charge < -0.3 is 4.74 Å². The number of aliphatic imine (C=N–C) groups is 1. The van der Waals surface area contributed by atoms with Crippen molar-refractivity contribution in [1.29, 1.82) is 0 Å². The van der Waals surface area contributed by atoms with Crippen molar-refractivity contribution in [3.63, 3.8) is 0 Å². The van der Waals surface area contributed by atoms with Crippen molar-refractivity contribution in [2.24, 2.45) is 4.99 Å². The molecule has 15 heavy (non-hydrogen) atoms. The Labute approximate surface area is 89.8 Å². The van der Waals surface area contributed by atoms with Gasteiger partial charge in [-0.25, -0.2) is 0 Å². The minimum Gasteiger partial charge on any atom is -0.461 e. The second kappa shape index (κ2) is 5.96. The molecule has 0 aliphatic carbocycles. The van der Waals surface area contributed by atoms with E-state index in [0.717, 1.165) is 11.3 Å². The zero-order valence-electron chi connectivity index (χ0n) is 9.06. The standard InChI is InChI=1S/C12H15NO2/c1-10(13-2)8-12(14)15-9-11-6-4-3-5-7-11/h3-7H,8-9H2,1-2H3. The summed E-state index contributed by atoms with van der Waals surface area (Å²) in [5, 5.41) is 0. The number of carbonyl (C=O) groups excluding carboxylic acids is 1. The van der Waals surface area contributed by atoms with Gasteiger partial charge in [0.05, 0.1) is 6.42 Å². The molecular weight excluding hydrogens is 190 g/mol. The fourth-order valence-corrected chi connectivity index (χ4v) is 1.08. The Morgan fingerprint density at radius 1 is 1.33 bits per heavy atom. The van der Waals surface area contributed by atoms with Crippen molar-refractivity contribution in [3.05, 3.63) is 35.9 Å². The highest BCUT2D eigenvalue weighted by Gasteiger charge is 2.04. The molecule has 0 aliphatic heterocycles. The Bertz CT molecular complexity index is 344. The van der Waals surface area contributed by atoms with Crippen LogP contribution in [0.1, 0.15) is 18.9 Å². The van der Waals surface area contributed by atoms with Crippen LogP contribution in [0.5, 0.6) is 0 Å². The summed E-state index contributed by atoms with van der Waals surface area (Å²) in [7, 11) is 1.67. The van der Waals surface area contributed by atoms with Crippen molar-refractivity contribution in [1.82, 2.24) is 0 Å². The lowest BCUT2D eigenvalue weighted by Crippen LogP contribution is -2.08. The zero-order valence-corrected chi connectivity index (χ0v) is 9.06. The Kier molecular flexibility index (Phi) is 4.54. The van der Waals surface area contributed by atoms with Gasteiger partial charge in [-0.3, -0.25) is 9.79 Å². The maximum atomic E-state index is 11.3. The third-order valence-corrected chi connectivity index (χ3v) is 2.02. The van der Waals surface area contributed by atoms with Gasteiger partial charge in [0.25, 0.3) is 0 Å². The van der Waals surface area contributed by atoms with Crippen molar-refractivity contribution in [2.75, 3.05) is 7.05 Å². The van der Waals surface area contributed by atoms with Gasteiger partial charge in [-0.05, 0) is 12.5 Å². The molecule has 0 bridgehead atoms. The first-order chi connectivity index (χ1) is 7.22. The van der Waals surface area contributed by atoms with E-state index in [2.05, 4.69) is 4.99 Å². The van der Waals surface area contributed by atoms with E-state index in [9.17, 15) is 4.79 Å². The predicted octanol–water partition coefficient (Wildman–Crippen LogP) is 2.21. The fraction of sp³-hybridized carbons (Fsp3) is 0.333. The van der Waals surface area contributed by atoms with Crippen molar-refractivity contribution >= 4 is 11.7 Å². The van der Waals surface area contributed by atoms with Crippen LogP contribution in [0.4, 0.5) is 0 Å². The Hall–Kier alpha value is -1.64. The quantitative estimate of drug-likeness (QED) is 0.558. The molecule has 0 fully saturated rings. The number of rotatable bonds is 4. The SMILES string of the molecule is CN=C(C)CC(=O)OCc1ccccc1. The molecule has 1 aromatic rings. The Morgan fingerprint density at radius 2 is 2.00 bits per heavy atom. The van der Waals surface area contributed by atoms with E-state index < -0.39 is 0 Å². The number of nitrogens with zero attached hydrogens (tertiary/aromatic N) is 1. The molecule has 0 amide bonds.